The predicted octanol–water partition coefficient (Wildman–Crippen LogP) is 21.3. The van der Waals surface area contributed by atoms with Gasteiger partial charge in [-0.15, -0.1) is 0 Å². The van der Waals surface area contributed by atoms with Gasteiger partial charge in [0.1, 0.15) is 11.5 Å². The van der Waals surface area contributed by atoms with Gasteiger partial charge in [0.25, 0.3) is 13.4 Å². The van der Waals surface area contributed by atoms with Gasteiger partial charge in [0.05, 0.1) is 16.8 Å². The summed E-state index contributed by atoms with van der Waals surface area (Å²) in [6.45, 7) is 13.8. The average Bonchev–Trinajstić information content (AvgIpc) is 1.59. The summed E-state index contributed by atoms with van der Waals surface area (Å²) in [5, 5.41) is 2.29. The number of hydrogen-bond donors (Lipinski definition) is 0. The van der Waals surface area contributed by atoms with Gasteiger partial charge in [-0.05, 0) is 200 Å². The Morgan fingerprint density at radius 3 is 1.34 bits per heavy atom. The van der Waals surface area contributed by atoms with Crippen LogP contribution in [0.4, 0.5) is 51.2 Å². The van der Waals surface area contributed by atoms with Crippen LogP contribution in [0.3, 0.4) is 0 Å². The molecule has 0 amide bonds. The summed E-state index contributed by atoms with van der Waals surface area (Å²) < 4.78 is 7.90. The molecule has 0 unspecified atom stereocenters. The lowest BCUT2D eigenvalue weighted by Crippen LogP contribution is -2.64. The van der Waals surface area contributed by atoms with Crippen LogP contribution < -0.4 is 52.2 Å². The van der Waals surface area contributed by atoms with Crippen LogP contribution in [0, 0.1) is 0 Å². The van der Waals surface area contributed by atoms with Crippen LogP contribution in [0.5, 0.6) is 11.5 Å². The second-order valence-corrected chi connectivity index (χ2v) is 31.0. The second-order valence-electron chi connectivity index (χ2n) is 31.0. The highest BCUT2D eigenvalue weighted by atomic mass is 16.5. The van der Waals surface area contributed by atoms with Crippen molar-refractivity contribution in [2.24, 2.45) is 0 Å². The molecule has 6 heteroatoms. The van der Waals surface area contributed by atoms with Crippen molar-refractivity contribution < 1.29 is 4.74 Å². The number of benzene rings is 15. The van der Waals surface area contributed by atoms with Gasteiger partial charge in [-0.1, -0.05) is 284 Å². The topological polar surface area (TPSA) is 19.0 Å². The number of anilines is 9. The van der Waals surface area contributed by atoms with E-state index >= 15 is 0 Å². The van der Waals surface area contributed by atoms with Crippen molar-refractivity contribution >= 4 is 108 Å². The number of ether oxygens (including phenoxy) is 1. The Balaban J connectivity index is 0.815. The van der Waals surface area contributed by atoms with E-state index in [1.54, 1.807) is 0 Å². The first-order valence-electron chi connectivity index (χ1n) is 36.5. The monoisotopic (exact) mass is 1320 g/mol. The van der Waals surface area contributed by atoms with Gasteiger partial charge in [-0.2, -0.15) is 0 Å². The van der Waals surface area contributed by atoms with Gasteiger partial charge in [-0.3, -0.25) is 0 Å². The molecule has 0 saturated carbocycles. The highest BCUT2D eigenvalue weighted by Gasteiger charge is 2.54. The van der Waals surface area contributed by atoms with E-state index in [2.05, 4.69) is 378 Å². The largest absolute Gasteiger partial charge is 0.458 e. The number of nitrogens with zero attached hydrogens (tertiary/aromatic N) is 3. The van der Waals surface area contributed by atoms with E-state index in [1.165, 1.54) is 144 Å². The average molecular weight is 1320 g/mol. The lowest BCUT2D eigenvalue weighted by molar-refractivity contribution is 0.488. The lowest BCUT2D eigenvalue weighted by atomic mass is 9.30. The van der Waals surface area contributed by atoms with Crippen LogP contribution in [-0.2, 0) is 16.2 Å². The van der Waals surface area contributed by atoms with Crippen molar-refractivity contribution in [1.29, 1.82) is 0 Å². The minimum absolute atomic E-state index is 0.139. The fraction of sp³-hybridized carbons (Fsp3) is 0.0928. The molecule has 0 fully saturated rings. The molecule has 0 radical (unpaired) electrons. The molecule has 0 N–H and O–H groups in total. The van der Waals surface area contributed by atoms with Crippen molar-refractivity contribution in [3.05, 3.63) is 355 Å². The summed E-state index contributed by atoms with van der Waals surface area (Å²) in [7, 11) is 0. The summed E-state index contributed by atoms with van der Waals surface area (Å²) in [6.07, 6.45) is 0. The maximum Gasteiger partial charge on any atom is 0.256 e. The van der Waals surface area contributed by atoms with Crippen molar-refractivity contribution in [1.82, 2.24) is 0 Å². The van der Waals surface area contributed by atoms with Crippen LogP contribution in [0.2, 0.25) is 0 Å². The third-order valence-corrected chi connectivity index (χ3v) is 23.3. The first-order chi connectivity index (χ1) is 50.4. The normalized spacial score (nSPS) is 14.2. The molecule has 21 rings (SSSR count). The fourth-order valence-electron chi connectivity index (χ4n) is 18.9. The summed E-state index contributed by atoms with van der Waals surface area (Å²) in [6, 6.07) is 122. The van der Waals surface area contributed by atoms with Crippen molar-refractivity contribution in [3.8, 4) is 67.1 Å². The van der Waals surface area contributed by atoms with E-state index in [1.807, 2.05) is 0 Å². The molecule has 4 nitrogen and oxygen atoms in total. The van der Waals surface area contributed by atoms with Crippen LogP contribution >= 0.6 is 0 Å². The van der Waals surface area contributed by atoms with Gasteiger partial charge >= 0.3 is 0 Å². The Morgan fingerprint density at radius 2 is 0.757 bits per heavy atom. The summed E-state index contributed by atoms with van der Waals surface area (Å²) >= 11 is 0. The third-order valence-electron chi connectivity index (χ3n) is 23.3. The standard InChI is InChI=1S/C97H71B2N3O/c1-95(2,3)64-54-74(60-30-11-7-12-31-60)93(75(55-64)61-32-13-8-14-33-61)102-84-49-28-26-47-80(84)98-81-58-82-88(59-85(81)100(66-34-15-9-16-35-66)86-56-65(96(4,5)6)57-87(102)91(86)98)103-89-53-63-52-62(50-51-69(63)94-92(89)99(82)79-46-25-27-48-83(79)101(94)67-36-17-10-18-37-67)68-41-29-42-73-72-40-21-24-45-78(72)97(90(68)73)76-43-22-19-38-70(76)71-39-20-23-44-77(71)97/h7-59H,1-6H3. The smallest absolute Gasteiger partial charge is 0.256 e. The number of hydrogen-bond acceptors (Lipinski definition) is 4. The molecule has 486 valence electrons. The van der Waals surface area contributed by atoms with E-state index in [9.17, 15) is 0 Å². The fourth-order valence-corrected chi connectivity index (χ4v) is 18.9. The van der Waals surface area contributed by atoms with E-state index in [0.717, 1.165) is 50.8 Å². The maximum atomic E-state index is 7.90. The van der Waals surface area contributed by atoms with Crippen LogP contribution in [0.15, 0.2) is 322 Å². The quantitative estimate of drug-likeness (QED) is 0.154. The van der Waals surface area contributed by atoms with Gasteiger partial charge in [0.15, 0.2) is 0 Å². The third kappa shape index (κ3) is 8.50. The number of rotatable bonds is 6. The van der Waals surface area contributed by atoms with Gasteiger partial charge in [-0.25, -0.2) is 0 Å². The minimum atomic E-state index is -0.515. The van der Waals surface area contributed by atoms with Crippen LogP contribution in [0.1, 0.15) is 74.9 Å². The zero-order chi connectivity index (χ0) is 68.8. The Bertz CT molecular complexity index is 5970. The van der Waals surface area contributed by atoms with Gasteiger partial charge < -0.3 is 19.4 Å². The zero-order valence-corrected chi connectivity index (χ0v) is 58.5. The van der Waals surface area contributed by atoms with Crippen molar-refractivity contribution in [2.45, 2.75) is 57.8 Å². The van der Waals surface area contributed by atoms with E-state index in [0.29, 0.717) is 0 Å². The molecule has 2 aliphatic carbocycles. The first-order valence-corrected chi connectivity index (χ1v) is 36.5. The van der Waals surface area contributed by atoms with Gasteiger partial charge in [0.2, 0.25) is 0 Å². The molecule has 4 aliphatic heterocycles. The maximum absolute atomic E-state index is 7.90. The molecule has 103 heavy (non-hydrogen) atoms. The molecule has 15 aromatic rings. The highest BCUT2D eigenvalue weighted by Crippen LogP contribution is 2.65. The lowest BCUT2D eigenvalue weighted by Gasteiger charge is -2.46. The minimum Gasteiger partial charge on any atom is -0.458 e. The summed E-state index contributed by atoms with van der Waals surface area (Å²) in [5.74, 6) is 1.73. The summed E-state index contributed by atoms with van der Waals surface area (Å²) in [5.41, 5.74) is 36.9. The van der Waals surface area contributed by atoms with E-state index in [-0.39, 0.29) is 24.3 Å². The van der Waals surface area contributed by atoms with E-state index in [4.69, 9.17) is 4.74 Å². The van der Waals surface area contributed by atoms with Gasteiger partial charge in [0, 0.05) is 62.4 Å². The second kappa shape index (κ2) is 21.9. The van der Waals surface area contributed by atoms with Crippen LogP contribution in [-0.4, -0.2) is 13.4 Å². The SMILES string of the molecule is CC(C)(C)c1cc(-c2ccccc2)c(N2c3ccccc3B3c4cc5c(cc4N(c4ccccc4)c4cc(C(C)(C)C)cc2c43)Oc2cc3cc(-c4cccc6c4C4(c7ccccc7-c7ccccc74)c4ccccc4-6)ccc3c3c2B5c2ccccc2N3c2ccccc2)c(-c2ccccc2)c1. The summed E-state index contributed by atoms with van der Waals surface area (Å²) in [4.78, 5) is 7.76. The number of fused-ring (bicyclic) bond motifs is 20. The Labute approximate surface area is 603 Å². The molecular weight excluding hydrogens is 1240 g/mol. The van der Waals surface area contributed by atoms with Crippen molar-refractivity contribution in [3.63, 3.8) is 0 Å². The Morgan fingerprint density at radius 1 is 0.291 bits per heavy atom. The Kier molecular flexibility index (Phi) is 12.7. The molecule has 0 bridgehead atoms. The first kappa shape index (κ1) is 59.7. The molecule has 0 atom stereocenters. The number of para-hydroxylation sites is 4. The highest BCUT2D eigenvalue weighted by molar-refractivity contribution is 7.02. The molecule has 0 aromatic heterocycles. The van der Waals surface area contributed by atoms with Crippen molar-refractivity contribution in [2.75, 3.05) is 14.7 Å². The van der Waals surface area contributed by atoms with E-state index < -0.39 is 5.41 Å². The molecule has 1 spiro atoms. The van der Waals surface area contributed by atoms with Crippen LogP contribution in [0.25, 0.3) is 66.4 Å². The molecule has 0 saturated heterocycles. The molecule has 4 heterocycles. The zero-order valence-electron chi connectivity index (χ0n) is 58.5. The molecule has 15 aromatic carbocycles. The molecular formula is C97H71B2N3O. The predicted molar refractivity (Wildman–Crippen MR) is 434 cm³/mol. The molecule has 6 aliphatic rings. The Hall–Kier alpha value is -12.1.